The van der Waals surface area contributed by atoms with Crippen molar-refractivity contribution in [3.63, 3.8) is 0 Å². The second-order valence-corrected chi connectivity index (χ2v) is 8.11. The highest BCUT2D eigenvalue weighted by molar-refractivity contribution is 5.69. The average molecular weight is 413 g/mol. The van der Waals surface area contributed by atoms with E-state index in [2.05, 4.69) is 38.4 Å². The molecule has 1 fully saturated rings. The van der Waals surface area contributed by atoms with Crippen molar-refractivity contribution < 1.29 is 0 Å². The summed E-state index contributed by atoms with van der Waals surface area (Å²) in [5.74, 6) is 0.893. The van der Waals surface area contributed by atoms with E-state index in [0.717, 1.165) is 53.5 Å². The van der Waals surface area contributed by atoms with Gasteiger partial charge in [-0.05, 0) is 57.1 Å². The van der Waals surface area contributed by atoms with Crippen molar-refractivity contribution in [3.05, 3.63) is 67.0 Å². The Morgan fingerprint density at radius 1 is 0.839 bits per heavy atom. The number of likely N-dealkylation sites (tertiary alicyclic amines) is 1. The second kappa shape index (κ2) is 9.27. The normalized spacial score (nSPS) is 14.7. The van der Waals surface area contributed by atoms with Crippen LogP contribution in [0.4, 0.5) is 5.82 Å². The third-order valence-corrected chi connectivity index (χ3v) is 5.89. The first-order valence-electron chi connectivity index (χ1n) is 11.2. The van der Waals surface area contributed by atoms with Crippen molar-refractivity contribution in [1.29, 1.82) is 0 Å². The molecule has 0 saturated carbocycles. The Hall–Kier alpha value is -3.25. The Kier molecular flexibility index (Phi) is 5.89. The molecule has 158 valence electrons. The van der Waals surface area contributed by atoms with Gasteiger partial charge in [0.15, 0.2) is 5.65 Å². The fourth-order valence-electron chi connectivity index (χ4n) is 4.25. The first kappa shape index (κ1) is 19.7. The van der Waals surface area contributed by atoms with Gasteiger partial charge >= 0.3 is 0 Å². The predicted octanol–water partition coefficient (Wildman–Crippen LogP) is 4.75. The van der Waals surface area contributed by atoms with Gasteiger partial charge in [0, 0.05) is 36.1 Å². The lowest BCUT2D eigenvalue weighted by molar-refractivity contribution is 0.228. The highest BCUT2D eigenvalue weighted by Gasteiger charge is 2.11. The van der Waals surface area contributed by atoms with E-state index in [1.54, 1.807) is 0 Å². The molecule has 0 amide bonds. The van der Waals surface area contributed by atoms with Gasteiger partial charge < -0.3 is 10.2 Å². The van der Waals surface area contributed by atoms with E-state index in [9.17, 15) is 0 Å². The lowest BCUT2D eigenvalue weighted by Gasteiger charge is -2.26. The molecule has 4 heterocycles. The molecule has 0 unspecified atom stereocenters. The summed E-state index contributed by atoms with van der Waals surface area (Å²) in [5.41, 5.74) is 4.93. The summed E-state index contributed by atoms with van der Waals surface area (Å²) in [4.78, 5) is 11.6. The summed E-state index contributed by atoms with van der Waals surface area (Å²) < 4.78 is 1.91. The lowest BCUT2D eigenvalue weighted by Crippen LogP contribution is -2.31. The van der Waals surface area contributed by atoms with Crippen LogP contribution in [-0.4, -0.2) is 50.7 Å². The van der Waals surface area contributed by atoms with Gasteiger partial charge in [0.25, 0.3) is 0 Å². The zero-order chi connectivity index (χ0) is 20.9. The maximum absolute atomic E-state index is 4.85. The number of rotatable bonds is 7. The molecule has 1 aliphatic heterocycles. The monoisotopic (exact) mass is 412 g/mol. The number of hydrogen-bond donors (Lipinski definition) is 1. The topological polar surface area (TPSA) is 58.4 Å². The molecule has 1 saturated heterocycles. The molecule has 1 aliphatic rings. The molecule has 6 nitrogen and oxygen atoms in total. The van der Waals surface area contributed by atoms with Crippen molar-refractivity contribution in [2.75, 3.05) is 31.5 Å². The Morgan fingerprint density at radius 2 is 1.68 bits per heavy atom. The summed E-state index contributed by atoms with van der Waals surface area (Å²) in [6, 6.07) is 18.4. The van der Waals surface area contributed by atoms with Crippen LogP contribution in [0.3, 0.4) is 0 Å². The first-order chi connectivity index (χ1) is 15.4. The first-order valence-corrected chi connectivity index (χ1v) is 11.2. The molecule has 0 radical (unpaired) electrons. The fraction of sp³-hybridized carbons (Fsp3) is 0.320. The third kappa shape index (κ3) is 4.59. The quantitative estimate of drug-likeness (QED) is 0.444. The molecule has 3 aromatic heterocycles. The average Bonchev–Trinajstić information content (AvgIpc) is 3.28. The highest BCUT2D eigenvalue weighted by atomic mass is 15.3. The molecule has 0 spiro atoms. The van der Waals surface area contributed by atoms with Gasteiger partial charge in [-0.15, -0.1) is 0 Å². The standard InChI is InChI=1S/C25H28N6/c1-3-8-20(9-4-1)23-11-14-28-25-19-22(29-31(23)25)21-10-13-27-24(18-21)26-12-7-17-30-15-5-2-6-16-30/h1,3-4,8-11,13-14,18-19H,2,5-7,12,15-17H2,(H,26,27). The molecule has 6 heteroatoms. The number of piperidine rings is 1. The Balaban J connectivity index is 1.30. The predicted molar refractivity (Wildman–Crippen MR) is 125 cm³/mol. The van der Waals surface area contributed by atoms with E-state index in [4.69, 9.17) is 5.10 Å². The minimum atomic E-state index is 0.837. The fourth-order valence-corrected chi connectivity index (χ4v) is 4.25. The van der Waals surface area contributed by atoms with Crippen molar-refractivity contribution in [2.24, 2.45) is 0 Å². The van der Waals surface area contributed by atoms with E-state index in [-0.39, 0.29) is 0 Å². The maximum Gasteiger partial charge on any atom is 0.156 e. The third-order valence-electron chi connectivity index (χ3n) is 5.89. The number of benzene rings is 1. The number of anilines is 1. The molecule has 1 N–H and O–H groups in total. The summed E-state index contributed by atoms with van der Waals surface area (Å²) >= 11 is 0. The van der Waals surface area contributed by atoms with Gasteiger partial charge in [0.2, 0.25) is 0 Å². The van der Waals surface area contributed by atoms with Gasteiger partial charge in [0.05, 0.1) is 11.4 Å². The van der Waals surface area contributed by atoms with Crippen LogP contribution < -0.4 is 5.32 Å². The van der Waals surface area contributed by atoms with Crippen molar-refractivity contribution in [1.82, 2.24) is 24.5 Å². The smallest absolute Gasteiger partial charge is 0.156 e. The number of hydrogen-bond acceptors (Lipinski definition) is 5. The van der Waals surface area contributed by atoms with Crippen LogP contribution in [-0.2, 0) is 0 Å². The van der Waals surface area contributed by atoms with E-state index >= 15 is 0 Å². The van der Waals surface area contributed by atoms with Gasteiger partial charge in [-0.3, -0.25) is 0 Å². The largest absolute Gasteiger partial charge is 0.370 e. The molecular weight excluding hydrogens is 384 g/mol. The van der Waals surface area contributed by atoms with Gasteiger partial charge in [-0.25, -0.2) is 14.5 Å². The van der Waals surface area contributed by atoms with Crippen LogP contribution in [0.25, 0.3) is 28.2 Å². The zero-order valence-electron chi connectivity index (χ0n) is 17.7. The Bertz CT molecular complexity index is 1130. The molecule has 0 atom stereocenters. The van der Waals surface area contributed by atoms with Crippen LogP contribution in [0.15, 0.2) is 67.0 Å². The van der Waals surface area contributed by atoms with Crippen LogP contribution >= 0.6 is 0 Å². The number of fused-ring (bicyclic) bond motifs is 1. The van der Waals surface area contributed by atoms with Gasteiger partial charge in [-0.2, -0.15) is 5.10 Å². The van der Waals surface area contributed by atoms with E-state index < -0.39 is 0 Å². The number of pyridine rings is 1. The number of nitrogens with zero attached hydrogens (tertiary/aromatic N) is 5. The summed E-state index contributed by atoms with van der Waals surface area (Å²) in [7, 11) is 0. The van der Waals surface area contributed by atoms with Gasteiger partial charge in [-0.1, -0.05) is 36.8 Å². The van der Waals surface area contributed by atoms with E-state index in [1.807, 2.05) is 53.3 Å². The highest BCUT2D eigenvalue weighted by Crippen LogP contribution is 2.25. The van der Waals surface area contributed by atoms with E-state index in [1.165, 1.54) is 32.4 Å². The summed E-state index contributed by atoms with van der Waals surface area (Å²) in [6.07, 6.45) is 8.89. The van der Waals surface area contributed by atoms with Crippen LogP contribution in [0, 0.1) is 0 Å². The summed E-state index contributed by atoms with van der Waals surface area (Å²) in [6.45, 7) is 4.59. The summed E-state index contributed by atoms with van der Waals surface area (Å²) in [5, 5.41) is 8.33. The molecule has 0 bridgehead atoms. The molecule has 0 aliphatic carbocycles. The number of aromatic nitrogens is 4. The molecular formula is C25H28N6. The van der Waals surface area contributed by atoms with Crippen molar-refractivity contribution in [3.8, 4) is 22.5 Å². The molecule has 31 heavy (non-hydrogen) atoms. The van der Waals surface area contributed by atoms with Crippen LogP contribution in [0.1, 0.15) is 25.7 Å². The molecule has 5 rings (SSSR count). The minimum absolute atomic E-state index is 0.837. The van der Waals surface area contributed by atoms with E-state index in [0.29, 0.717) is 0 Å². The van der Waals surface area contributed by atoms with Crippen LogP contribution in [0.5, 0.6) is 0 Å². The lowest BCUT2D eigenvalue weighted by atomic mass is 10.1. The SMILES string of the molecule is c1ccc(-c2ccnc3cc(-c4ccnc(NCCCN5CCCCC5)c4)nn23)cc1. The minimum Gasteiger partial charge on any atom is -0.370 e. The van der Waals surface area contributed by atoms with Gasteiger partial charge in [0.1, 0.15) is 5.82 Å². The maximum atomic E-state index is 4.85. The zero-order valence-corrected chi connectivity index (χ0v) is 17.7. The molecule has 1 aromatic carbocycles. The number of nitrogens with one attached hydrogen (secondary N) is 1. The molecule has 4 aromatic rings. The second-order valence-electron chi connectivity index (χ2n) is 8.11. The Morgan fingerprint density at radius 3 is 2.55 bits per heavy atom. The van der Waals surface area contributed by atoms with Crippen molar-refractivity contribution in [2.45, 2.75) is 25.7 Å². The Labute approximate surface area is 183 Å². The van der Waals surface area contributed by atoms with Crippen LogP contribution in [0.2, 0.25) is 0 Å². The van der Waals surface area contributed by atoms with Crippen molar-refractivity contribution >= 4 is 11.5 Å².